The molecule has 0 unspecified atom stereocenters. The minimum absolute atomic E-state index is 0.0241. The maximum atomic E-state index is 11.6. The van der Waals surface area contributed by atoms with Gasteiger partial charge in [-0.1, -0.05) is 19.1 Å². The first kappa shape index (κ1) is 15.0. The van der Waals surface area contributed by atoms with Gasteiger partial charge >= 0.3 is 0 Å². The fourth-order valence-electron chi connectivity index (χ4n) is 2.15. The average molecular weight is 288 g/mol. The Labute approximate surface area is 123 Å². The van der Waals surface area contributed by atoms with Crippen molar-refractivity contribution in [2.75, 3.05) is 13.1 Å². The van der Waals surface area contributed by atoms with E-state index in [4.69, 9.17) is 0 Å². The number of rotatable bonds is 6. The van der Waals surface area contributed by atoms with Crippen molar-refractivity contribution in [2.24, 2.45) is 0 Å². The van der Waals surface area contributed by atoms with Crippen LogP contribution in [-0.2, 0) is 16.1 Å². The molecule has 0 radical (unpaired) electrons. The second-order valence-corrected chi connectivity index (χ2v) is 4.78. The van der Waals surface area contributed by atoms with Crippen LogP contribution < -0.4 is 10.6 Å². The molecule has 0 saturated heterocycles. The standard InChI is InChI=1S/C15H20N4O2/c1-3-14(20)17-10-15(21)16-8-9-19-11(2)18-12-6-4-5-7-13(12)19/h4-7H,3,8-10H2,1-2H3,(H,16,21)(H,17,20). The van der Waals surface area contributed by atoms with Crippen molar-refractivity contribution in [3.63, 3.8) is 0 Å². The first-order valence-corrected chi connectivity index (χ1v) is 7.07. The van der Waals surface area contributed by atoms with Gasteiger partial charge in [-0.25, -0.2) is 4.98 Å². The van der Waals surface area contributed by atoms with E-state index < -0.39 is 0 Å². The predicted octanol–water partition coefficient (Wildman–Crippen LogP) is 0.987. The minimum atomic E-state index is -0.182. The summed E-state index contributed by atoms with van der Waals surface area (Å²) in [6.45, 7) is 4.88. The van der Waals surface area contributed by atoms with Crippen LogP contribution in [0.2, 0.25) is 0 Å². The molecule has 21 heavy (non-hydrogen) atoms. The van der Waals surface area contributed by atoms with Crippen molar-refractivity contribution in [2.45, 2.75) is 26.8 Å². The number of carbonyl (C=O) groups excluding carboxylic acids is 2. The molecule has 6 nitrogen and oxygen atoms in total. The number of carbonyl (C=O) groups is 2. The lowest BCUT2D eigenvalue weighted by molar-refractivity contribution is -0.125. The number of nitrogens with zero attached hydrogens (tertiary/aromatic N) is 2. The summed E-state index contributed by atoms with van der Waals surface area (Å²) in [7, 11) is 0. The molecule has 1 aromatic carbocycles. The van der Waals surface area contributed by atoms with Crippen molar-refractivity contribution in [3.8, 4) is 0 Å². The maximum Gasteiger partial charge on any atom is 0.239 e. The van der Waals surface area contributed by atoms with Crippen molar-refractivity contribution < 1.29 is 9.59 Å². The van der Waals surface area contributed by atoms with Gasteiger partial charge in [-0.2, -0.15) is 0 Å². The molecule has 0 saturated carbocycles. The van der Waals surface area contributed by atoms with Crippen LogP contribution in [0.3, 0.4) is 0 Å². The minimum Gasteiger partial charge on any atom is -0.353 e. The Kier molecular flexibility index (Phi) is 4.92. The highest BCUT2D eigenvalue weighted by atomic mass is 16.2. The van der Waals surface area contributed by atoms with E-state index >= 15 is 0 Å². The Bertz CT molecular complexity index is 648. The molecule has 2 amide bonds. The Morgan fingerprint density at radius 1 is 1.19 bits per heavy atom. The largest absolute Gasteiger partial charge is 0.353 e. The number of hydrogen-bond acceptors (Lipinski definition) is 3. The second-order valence-electron chi connectivity index (χ2n) is 4.78. The molecule has 2 N–H and O–H groups in total. The quantitative estimate of drug-likeness (QED) is 0.832. The Morgan fingerprint density at radius 2 is 1.95 bits per heavy atom. The third-order valence-corrected chi connectivity index (χ3v) is 3.27. The summed E-state index contributed by atoms with van der Waals surface area (Å²) in [5.41, 5.74) is 2.01. The van der Waals surface area contributed by atoms with Crippen LogP contribution in [0.15, 0.2) is 24.3 Å². The predicted molar refractivity (Wildman–Crippen MR) is 80.8 cm³/mol. The SMILES string of the molecule is CCC(=O)NCC(=O)NCCn1c(C)nc2ccccc21. The molecule has 1 aromatic heterocycles. The number of imidazole rings is 1. The number of nitrogens with one attached hydrogen (secondary N) is 2. The van der Waals surface area contributed by atoms with Gasteiger partial charge in [0.1, 0.15) is 5.82 Å². The van der Waals surface area contributed by atoms with Crippen molar-refractivity contribution in [3.05, 3.63) is 30.1 Å². The Morgan fingerprint density at radius 3 is 2.71 bits per heavy atom. The van der Waals surface area contributed by atoms with Crippen LogP contribution in [0.1, 0.15) is 19.2 Å². The fourth-order valence-corrected chi connectivity index (χ4v) is 2.15. The number of hydrogen-bond donors (Lipinski definition) is 2. The van der Waals surface area contributed by atoms with Crippen molar-refractivity contribution >= 4 is 22.8 Å². The van der Waals surface area contributed by atoms with E-state index in [2.05, 4.69) is 20.2 Å². The van der Waals surface area contributed by atoms with Gasteiger partial charge in [0.05, 0.1) is 17.6 Å². The zero-order valence-corrected chi connectivity index (χ0v) is 12.3. The van der Waals surface area contributed by atoms with E-state index in [1.165, 1.54) is 0 Å². The summed E-state index contributed by atoms with van der Waals surface area (Å²) in [6.07, 6.45) is 0.382. The molecule has 0 bridgehead atoms. The highest BCUT2D eigenvalue weighted by Crippen LogP contribution is 2.14. The average Bonchev–Trinajstić information content (AvgIpc) is 2.81. The molecule has 1 heterocycles. The monoisotopic (exact) mass is 288 g/mol. The first-order valence-electron chi connectivity index (χ1n) is 7.07. The number of fused-ring (bicyclic) bond motifs is 1. The molecule has 0 atom stereocenters. The zero-order valence-electron chi connectivity index (χ0n) is 12.3. The van der Waals surface area contributed by atoms with Crippen LogP contribution in [-0.4, -0.2) is 34.5 Å². The molecular weight excluding hydrogens is 268 g/mol. The molecule has 2 rings (SSSR count). The van der Waals surface area contributed by atoms with Gasteiger partial charge in [0.2, 0.25) is 11.8 Å². The zero-order chi connectivity index (χ0) is 15.2. The number of para-hydroxylation sites is 2. The smallest absolute Gasteiger partial charge is 0.239 e. The summed E-state index contributed by atoms with van der Waals surface area (Å²) in [5, 5.41) is 5.34. The molecule has 0 fully saturated rings. The van der Waals surface area contributed by atoms with E-state index in [1.807, 2.05) is 31.2 Å². The number of aromatic nitrogens is 2. The molecule has 112 valence electrons. The van der Waals surface area contributed by atoms with Crippen LogP contribution in [0, 0.1) is 6.92 Å². The van der Waals surface area contributed by atoms with Gasteiger partial charge < -0.3 is 15.2 Å². The third-order valence-electron chi connectivity index (χ3n) is 3.27. The molecule has 0 aliphatic heterocycles. The summed E-state index contributed by atoms with van der Waals surface area (Å²) < 4.78 is 2.07. The van der Waals surface area contributed by atoms with E-state index in [9.17, 15) is 9.59 Å². The van der Waals surface area contributed by atoms with Crippen molar-refractivity contribution in [1.29, 1.82) is 0 Å². The van der Waals surface area contributed by atoms with Gasteiger partial charge in [0.25, 0.3) is 0 Å². The van der Waals surface area contributed by atoms with Crippen LogP contribution in [0.4, 0.5) is 0 Å². The normalized spacial score (nSPS) is 10.6. The summed E-state index contributed by atoms with van der Waals surface area (Å²) in [5.74, 6) is 0.616. The fraction of sp³-hybridized carbons (Fsp3) is 0.400. The molecule has 0 aliphatic rings. The van der Waals surface area contributed by atoms with E-state index in [0.29, 0.717) is 19.5 Å². The van der Waals surface area contributed by atoms with E-state index in [0.717, 1.165) is 16.9 Å². The van der Waals surface area contributed by atoms with Crippen LogP contribution >= 0.6 is 0 Å². The lowest BCUT2D eigenvalue weighted by atomic mass is 10.3. The van der Waals surface area contributed by atoms with Gasteiger partial charge in [-0.05, 0) is 19.1 Å². The van der Waals surface area contributed by atoms with E-state index in [1.54, 1.807) is 6.92 Å². The van der Waals surface area contributed by atoms with Crippen LogP contribution in [0.5, 0.6) is 0 Å². The molecule has 0 aliphatic carbocycles. The number of aryl methyl sites for hydroxylation is 1. The highest BCUT2D eigenvalue weighted by Gasteiger charge is 2.07. The maximum absolute atomic E-state index is 11.6. The summed E-state index contributed by atoms with van der Waals surface area (Å²) >= 11 is 0. The lowest BCUT2D eigenvalue weighted by Gasteiger charge is -2.09. The van der Waals surface area contributed by atoms with Crippen molar-refractivity contribution in [1.82, 2.24) is 20.2 Å². The molecule has 6 heteroatoms. The second kappa shape index (κ2) is 6.88. The Hall–Kier alpha value is -2.37. The number of benzene rings is 1. The highest BCUT2D eigenvalue weighted by molar-refractivity contribution is 5.84. The summed E-state index contributed by atoms with van der Waals surface area (Å²) in [4.78, 5) is 27.1. The first-order chi connectivity index (χ1) is 10.1. The topological polar surface area (TPSA) is 76.0 Å². The Balaban J connectivity index is 1.86. The molecule has 0 spiro atoms. The van der Waals surface area contributed by atoms with Crippen LogP contribution in [0.25, 0.3) is 11.0 Å². The lowest BCUT2D eigenvalue weighted by Crippen LogP contribution is -2.37. The third kappa shape index (κ3) is 3.81. The van der Waals surface area contributed by atoms with E-state index in [-0.39, 0.29) is 18.4 Å². The van der Waals surface area contributed by atoms with Gasteiger partial charge in [-0.15, -0.1) is 0 Å². The molecule has 2 aromatic rings. The number of amides is 2. The molecular formula is C15H20N4O2. The van der Waals surface area contributed by atoms with Gasteiger partial charge in [-0.3, -0.25) is 9.59 Å². The van der Waals surface area contributed by atoms with Gasteiger partial charge in [0, 0.05) is 19.5 Å². The summed E-state index contributed by atoms with van der Waals surface area (Å²) in [6, 6.07) is 7.91. The van der Waals surface area contributed by atoms with Gasteiger partial charge in [0.15, 0.2) is 0 Å².